The molecule has 21 heavy (non-hydrogen) atoms. The van der Waals surface area contributed by atoms with Gasteiger partial charge in [0.2, 0.25) is 5.82 Å². The predicted molar refractivity (Wildman–Crippen MR) is 70.0 cm³/mol. The van der Waals surface area contributed by atoms with Crippen LogP contribution in [0.15, 0.2) is 30.3 Å². The van der Waals surface area contributed by atoms with Crippen molar-refractivity contribution < 1.29 is 17.6 Å². The lowest BCUT2D eigenvalue weighted by molar-refractivity contribution is -0.144. The number of aromatic nitrogens is 2. The molecule has 0 spiro atoms. The molecule has 1 aromatic carbocycles. The summed E-state index contributed by atoms with van der Waals surface area (Å²) in [4.78, 5) is 7.94. The molecule has 2 N–H and O–H groups in total. The molecule has 1 heterocycles. The van der Waals surface area contributed by atoms with Gasteiger partial charge in [0.1, 0.15) is 17.5 Å². The van der Waals surface area contributed by atoms with Crippen LogP contribution < -0.4 is 10.6 Å². The molecule has 0 aliphatic heterocycles. The fourth-order valence-corrected chi connectivity index (χ4v) is 1.74. The normalized spacial score (nSPS) is 11.5. The lowest BCUT2D eigenvalue weighted by Gasteiger charge is -2.19. The van der Waals surface area contributed by atoms with Crippen LogP contribution in [0, 0.1) is 5.82 Å². The Morgan fingerprint density at radius 3 is 2.48 bits per heavy atom. The largest absolute Gasteiger partial charge is 0.451 e. The highest BCUT2D eigenvalue weighted by atomic mass is 19.4. The van der Waals surface area contributed by atoms with Gasteiger partial charge in [0.05, 0.1) is 0 Å². The number of rotatable bonds is 3. The molecule has 0 amide bonds. The van der Waals surface area contributed by atoms with Gasteiger partial charge >= 0.3 is 6.18 Å². The van der Waals surface area contributed by atoms with Crippen molar-refractivity contribution in [3.05, 3.63) is 47.5 Å². The summed E-state index contributed by atoms with van der Waals surface area (Å²) in [6.07, 6.45) is -4.69. The maximum Gasteiger partial charge on any atom is 0.451 e. The van der Waals surface area contributed by atoms with Gasteiger partial charge in [-0.3, -0.25) is 0 Å². The Hall–Kier alpha value is -2.38. The predicted octanol–water partition coefficient (Wildman–Crippen LogP) is 2.85. The van der Waals surface area contributed by atoms with Crippen molar-refractivity contribution in [2.24, 2.45) is 0 Å². The summed E-state index contributed by atoms with van der Waals surface area (Å²) in [6.45, 7) is 0.0560. The summed E-state index contributed by atoms with van der Waals surface area (Å²) in [7, 11) is 1.49. The van der Waals surface area contributed by atoms with E-state index in [0.29, 0.717) is 5.56 Å². The number of hydrogen-bond donors (Lipinski definition) is 1. The van der Waals surface area contributed by atoms with Gasteiger partial charge in [0.15, 0.2) is 0 Å². The van der Waals surface area contributed by atoms with Gasteiger partial charge in [0, 0.05) is 25.2 Å². The van der Waals surface area contributed by atoms with Gasteiger partial charge in [-0.05, 0) is 6.07 Å². The third-order valence-electron chi connectivity index (χ3n) is 2.74. The maximum atomic E-state index is 13.5. The fraction of sp³-hybridized carbons (Fsp3) is 0.231. The Kier molecular flexibility index (Phi) is 3.97. The van der Waals surface area contributed by atoms with E-state index in [-0.39, 0.29) is 18.2 Å². The Bertz CT molecular complexity index is 642. The van der Waals surface area contributed by atoms with Crippen LogP contribution in [0.2, 0.25) is 0 Å². The molecule has 1 aromatic heterocycles. The van der Waals surface area contributed by atoms with E-state index >= 15 is 0 Å². The summed E-state index contributed by atoms with van der Waals surface area (Å²) in [5.41, 5.74) is 5.70. The molecule has 0 unspecified atom stereocenters. The molecule has 8 heteroatoms. The molecule has 0 fully saturated rings. The van der Waals surface area contributed by atoms with E-state index < -0.39 is 17.8 Å². The Balaban J connectivity index is 2.29. The monoisotopic (exact) mass is 300 g/mol. The second kappa shape index (κ2) is 5.55. The molecule has 0 aliphatic carbocycles. The first-order valence-electron chi connectivity index (χ1n) is 5.93. The van der Waals surface area contributed by atoms with Gasteiger partial charge in [-0.2, -0.15) is 13.2 Å². The SMILES string of the molecule is CN(Cc1ccccc1F)c1cc(N)nc(C(F)(F)F)n1. The molecule has 4 nitrogen and oxygen atoms in total. The number of hydrogen-bond acceptors (Lipinski definition) is 4. The van der Waals surface area contributed by atoms with Crippen molar-refractivity contribution in [1.82, 2.24) is 9.97 Å². The van der Waals surface area contributed by atoms with Crippen LogP contribution in [0.5, 0.6) is 0 Å². The van der Waals surface area contributed by atoms with E-state index in [0.717, 1.165) is 0 Å². The average molecular weight is 300 g/mol. The zero-order valence-electron chi connectivity index (χ0n) is 11.0. The minimum Gasteiger partial charge on any atom is -0.384 e. The molecule has 112 valence electrons. The van der Waals surface area contributed by atoms with Gasteiger partial charge < -0.3 is 10.6 Å². The summed E-state index contributed by atoms with van der Waals surface area (Å²) < 4.78 is 51.5. The van der Waals surface area contributed by atoms with Crippen molar-refractivity contribution >= 4 is 11.6 Å². The Morgan fingerprint density at radius 1 is 1.19 bits per heavy atom. The van der Waals surface area contributed by atoms with Crippen molar-refractivity contribution in [2.45, 2.75) is 12.7 Å². The smallest absolute Gasteiger partial charge is 0.384 e. The van der Waals surface area contributed by atoms with Crippen LogP contribution >= 0.6 is 0 Å². The number of nitrogens with two attached hydrogens (primary N) is 1. The third kappa shape index (κ3) is 3.59. The molecular formula is C13H12F4N4. The van der Waals surface area contributed by atoms with Crippen LogP contribution in [0.25, 0.3) is 0 Å². The van der Waals surface area contributed by atoms with E-state index in [1.807, 2.05) is 0 Å². The van der Waals surface area contributed by atoms with Crippen LogP contribution in [0.1, 0.15) is 11.4 Å². The quantitative estimate of drug-likeness (QED) is 0.886. The number of anilines is 2. The molecule has 0 radical (unpaired) electrons. The number of benzene rings is 1. The standard InChI is InChI=1S/C13H12F4N4/c1-21(7-8-4-2-3-5-9(8)14)11-6-10(18)19-12(20-11)13(15,16)17/h2-6H,7H2,1H3,(H2,18,19,20). The fourth-order valence-electron chi connectivity index (χ4n) is 1.74. The molecule has 0 atom stereocenters. The van der Waals surface area contributed by atoms with Crippen molar-refractivity contribution in [3.63, 3.8) is 0 Å². The number of halogens is 4. The first kappa shape index (κ1) is 15.0. The summed E-state index contributed by atoms with van der Waals surface area (Å²) in [6, 6.07) is 7.20. The highest BCUT2D eigenvalue weighted by molar-refractivity contribution is 5.47. The number of nitrogens with zero attached hydrogens (tertiary/aromatic N) is 3. The highest BCUT2D eigenvalue weighted by Gasteiger charge is 2.35. The van der Waals surface area contributed by atoms with Gasteiger partial charge in [-0.25, -0.2) is 14.4 Å². The van der Waals surface area contributed by atoms with Crippen LogP contribution in [0.4, 0.5) is 29.2 Å². The summed E-state index contributed by atoms with van der Waals surface area (Å²) in [5.74, 6) is -2.09. The Morgan fingerprint density at radius 2 is 1.86 bits per heavy atom. The summed E-state index contributed by atoms with van der Waals surface area (Å²) in [5, 5.41) is 0. The minimum absolute atomic E-state index is 0.0296. The van der Waals surface area contributed by atoms with Gasteiger partial charge in [-0.15, -0.1) is 0 Å². The zero-order valence-corrected chi connectivity index (χ0v) is 11.0. The van der Waals surface area contributed by atoms with Crippen molar-refractivity contribution in [3.8, 4) is 0 Å². The number of alkyl halides is 3. The van der Waals surface area contributed by atoms with Crippen LogP contribution in [0.3, 0.4) is 0 Å². The van der Waals surface area contributed by atoms with E-state index in [2.05, 4.69) is 9.97 Å². The van der Waals surface area contributed by atoms with Gasteiger partial charge in [-0.1, -0.05) is 18.2 Å². The summed E-state index contributed by atoms with van der Waals surface area (Å²) >= 11 is 0. The van der Waals surface area contributed by atoms with E-state index in [1.54, 1.807) is 12.1 Å². The minimum atomic E-state index is -4.69. The first-order valence-corrected chi connectivity index (χ1v) is 5.93. The lowest BCUT2D eigenvalue weighted by Crippen LogP contribution is -2.21. The highest BCUT2D eigenvalue weighted by Crippen LogP contribution is 2.28. The second-order valence-corrected chi connectivity index (χ2v) is 4.42. The molecular weight excluding hydrogens is 288 g/mol. The van der Waals surface area contributed by atoms with Crippen molar-refractivity contribution in [1.29, 1.82) is 0 Å². The zero-order chi connectivity index (χ0) is 15.6. The van der Waals surface area contributed by atoms with E-state index in [4.69, 9.17) is 5.73 Å². The molecule has 2 aromatic rings. The third-order valence-corrected chi connectivity index (χ3v) is 2.74. The topological polar surface area (TPSA) is 55.0 Å². The second-order valence-electron chi connectivity index (χ2n) is 4.42. The van der Waals surface area contributed by atoms with Crippen molar-refractivity contribution in [2.75, 3.05) is 17.7 Å². The van der Waals surface area contributed by atoms with E-state index in [9.17, 15) is 17.6 Å². The molecule has 0 bridgehead atoms. The maximum absolute atomic E-state index is 13.5. The molecule has 0 saturated carbocycles. The molecule has 0 saturated heterocycles. The van der Waals surface area contributed by atoms with E-state index in [1.165, 1.54) is 30.1 Å². The Labute approximate surface area is 118 Å². The average Bonchev–Trinajstić information content (AvgIpc) is 2.39. The first-order chi connectivity index (χ1) is 9.77. The molecule has 0 aliphatic rings. The molecule has 2 rings (SSSR count). The van der Waals surface area contributed by atoms with Crippen LogP contribution in [-0.4, -0.2) is 17.0 Å². The lowest BCUT2D eigenvalue weighted by atomic mass is 10.2. The van der Waals surface area contributed by atoms with Gasteiger partial charge in [0.25, 0.3) is 0 Å². The van der Waals surface area contributed by atoms with Crippen LogP contribution in [-0.2, 0) is 12.7 Å². The number of nitrogen functional groups attached to an aromatic ring is 1.